The highest BCUT2D eigenvalue weighted by Crippen LogP contribution is 2.38. The third-order valence-corrected chi connectivity index (χ3v) is 3.81. The second-order valence-corrected chi connectivity index (χ2v) is 8.17. The van der Waals surface area contributed by atoms with E-state index in [1.54, 1.807) is 0 Å². The fourth-order valence-electron chi connectivity index (χ4n) is 2.85. The normalized spacial score (nSPS) is 16.8. The zero-order chi connectivity index (χ0) is 23.3. The molecule has 0 radical (unpaired) electrons. The Hall–Kier alpha value is -2.74. The third kappa shape index (κ3) is 7.94. The number of rotatable bonds is 4. The number of benzene rings is 1. The number of allylic oxidation sites excluding steroid dienone is 6. The summed E-state index contributed by atoms with van der Waals surface area (Å²) >= 11 is 0. The Balaban J connectivity index is 0.00000105. The van der Waals surface area contributed by atoms with Gasteiger partial charge in [0.05, 0.1) is 22.8 Å². The molecule has 1 aromatic carbocycles. The predicted molar refractivity (Wildman–Crippen MR) is 137 cm³/mol. The van der Waals surface area contributed by atoms with Gasteiger partial charge in [-0.1, -0.05) is 91.1 Å². The molecule has 0 N–H and O–H groups in total. The molecule has 1 aliphatic rings. The van der Waals surface area contributed by atoms with Crippen LogP contribution < -0.4 is 4.90 Å². The molecule has 2 heteroatoms. The van der Waals surface area contributed by atoms with Crippen molar-refractivity contribution in [3.63, 3.8) is 0 Å². The first-order valence-corrected chi connectivity index (χ1v) is 10.8. The minimum Gasteiger partial charge on any atom is -0.341 e. The maximum Gasteiger partial charge on any atom is 0.0696 e. The average Bonchev–Trinajstić information content (AvgIpc) is 2.71. The van der Waals surface area contributed by atoms with E-state index in [2.05, 4.69) is 88.9 Å². The number of hydrogen-bond acceptors (Lipinski definition) is 2. The lowest BCUT2D eigenvalue weighted by Gasteiger charge is -2.41. The summed E-state index contributed by atoms with van der Waals surface area (Å²) in [6.07, 6.45) is 12.0. The van der Waals surface area contributed by atoms with Gasteiger partial charge < -0.3 is 9.80 Å². The molecule has 0 amide bonds. The van der Waals surface area contributed by atoms with Crippen LogP contribution in [0.15, 0.2) is 103 Å². The topological polar surface area (TPSA) is 6.48 Å². The maximum atomic E-state index is 4.04. The smallest absolute Gasteiger partial charge is 0.0696 e. The lowest BCUT2D eigenvalue weighted by molar-refractivity contribution is 0.469. The van der Waals surface area contributed by atoms with Gasteiger partial charge in [-0.25, -0.2) is 0 Å². The highest BCUT2D eigenvalue weighted by atomic mass is 15.3. The number of para-hydroxylation sites is 1. The number of hydrogen-bond donors (Lipinski definition) is 0. The Morgan fingerprint density at radius 1 is 0.867 bits per heavy atom. The molecule has 1 heterocycles. The predicted octanol–water partition coefficient (Wildman–Crippen LogP) is 8.46. The van der Waals surface area contributed by atoms with Crippen LogP contribution >= 0.6 is 0 Å². The van der Waals surface area contributed by atoms with Crippen molar-refractivity contribution < 1.29 is 0 Å². The maximum absolute atomic E-state index is 4.04. The summed E-state index contributed by atoms with van der Waals surface area (Å²) in [6.45, 7) is 24.7. The van der Waals surface area contributed by atoms with Crippen molar-refractivity contribution in [2.24, 2.45) is 5.41 Å². The zero-order valence-electron chi connectivity index (χ0n) is 20.7. The van der Waals surface area contributed by atoms with E-state index in [1.807, 2.05) is 63.3 Å². The van der Waals surface area contributed by atoms with Crippen molar-refractivity contribution in [1.82, 2.24) is 4.90 Å². The Morgan fingerprint density at radius 3 is 1.80 bits per heavy atom. The van der Waals surface area contributed by atoms with Crippen LogP contribution in [0.3, 0.4) is 0 Å². The molecule has 0 atom stereocenters. The highest BCUT2D eigenvalue weighted by Gasteiger charge is 2.29. The standard InChI is InChI=1S/C21H24N2.C5H12.C2H6/c1-6-13-20-19(9-4)23(17-15-11-10-12-16-17)21(14-7-2)18(8-3)22(20)5;1-5(2,3)4;1-2/h6-16H,2,4H2,1,3,5H3;1-4H3;1-2H3/b13-6-,18-8+,21-14+;;. The van der Waals surface area contributed by atoms with Crippen LogP contribution in [0.25, 0.3) is 0 Å². The Kier molecular flexibility index (Phi) is 12.2. The minimum atomic E-state index is 0.500. The molecule has 0 spiro atoms. The number of anilines is 1. The molecule has 0 unspecified atom stereocenters. The van der Waals surface area contributed by atoms with Gasteiger partial charge in [0, 0.05) is 12.7 Å². The summed E-state index contributed by atoms with van der Waals surface area (Å²) in [5.74, 6) is 0. The fraction of sp³-hybridized carbons (Fsp3) is 0.357. The van der Waals surface area contributed by atoms with Gasteiger partial charge in [-0.2, -0.15) is 0 Å². The Bertz CT molecular complexity index is 778. The lowest BCUT2D eigenvalue weighted by Crippen LogP contribution is -2.36. The van der Waals surface area contributed by atoms with Gasteiger partial charge in [0.15, 0.2) is 0 Å². The number of likely N-dealkylation sites (N-methyl/N-ethyl adjacent to an activating group) is 1. The van der Waals surface area contributed by atoms with Gasteiger partial charge in [0.2, 0.25) is 0 Å². The summed E-state index contributed by atoms with van der Waals surface area (Å²) in [5, 5.41) is 0. The van der Waals surface area contributed by atoms with Crippen LogP contribution in [0.2, 0.25) is 0 Å². The van der Waals surface area contributed by atoms with Crippen molar-refractivity contribution in [2.75, 3.05) is 11.9 Å². The van der Waals surface area contributed by atoms with Crippen molar-refractivity contribution in [3.8, 4) is 0 Å². The van der Waals surface area contributed by atoms with E-state index >= 15 is 0 Å². The molecule has 30 heavy (non-hydrogen) atoms. The molecular formula is C28H42N2. The first-order chi connectivity index (χ1) is 14.2. The van der Waals surface area contributed by atoms with Crippen LogP contribution in [-0.4, -0.2) is 11.9 Å². The molecule has 2 nitrogen and oxygen atoms in total. The summed E-state index contributed by atoms with van der Waals surface area (Å²) in [5.41, 5.74) is 5.98. The van der Waals surface area contributed by atoms with Gasteiger partial charge in [-0.15, -0.1) is 0 Å². The molecule has 164 valence electrons. The fourth-order valence-corrected chi connectivity index (χ4v) is 2.85. The van der Waals surface area contributed by atoms with Gasteiger partial charge >= 0.3 is 0 Å². The molecule has 1 aromatic rings. The van der Waals surface area contributed by atoms with Gasteiger partial charge in [-0.3, -0.25) is 0 Å². The van der Waals surface area contributed by atoms with Crippen LogP contribution in [-0.2, 0) is 0 Å². The molecule has 1 aliphatic heterocycles. The molecular weight excluding hydrogens is 364 g/mol. The van der Waals surface area contributed by atoms with E-state index in [9.17, 15) is 0 Å². The molecule has 0 bridgehead atoms. The third-order valence-electron chi connectivity index (χ3n) is 3.81. The summed E-state index contributed by atoms with van der Waals surface area (Å²) in [7, 11) is 2.08. The van der Waals surface area contributed by atoms with E-state index in [-0.39, 0.29) is 0 Å². The Morgan fingerprint density at radius 2 is 1.40 bits per heavy atom. The first-order valence-electron chi connectivity index (χ1n) is 10.8. The van der Waals surface area contributed by atoms with Crippen LogP contribution in [0.5, 0.6) is 0 Å². The molecule has 0 aromatic heterocycles. The lowest BCUT2D eigenvalue weighted by atomic mass is 10.0. The van der Waals surface area contributed by atoms with Gasteiger partial charge in [0.1, 0.15) is 0 Å². The van der Waals surface area contributed by atoms with Gasteiger partial charge in [0.25, 0.3) is 0 Å². The monoisotopic (exact) mass is 406 g/mol. The van der Waals surface area contributed by atoms with Crippen LogP contribution in [0, 0.1) is 5.41 Å². The van der Waals surface area contributed by atoms with E-state index in [0.717, 1.165) is 28.5 Å². The minimum absolute atomic E-state index is 0.500. The second-order valence-electron chi connectivity index (χ2n) is 8.17. The zero-order valence-corrected chi connectivity index (χ0v) is 20.7. The van der Waals surface area contributed by atoms with Crippen molar-refractivity contribution in [1.29, 1.82) is 0 Å². The summed E-state index contributed by atoms with van der Waals surface area (Å²) < 4.78 is 0. The van der Waals surface area contributed by atoms with Crippen molar-refractivity contribution >= 4 is 5.69 Å². The molecule has 0 fully saturated rings. The van der Waals surface area contributed by atoms with Crippen LogP contribution in [0.4, 0.5) is 5.69 Å². The van der Waals surface area contributed by atoms with E-state index < -0.39 is 0 Å². The van der Waals surface area contributed by atoms with Crippen molar-refractivity contribution in [2.45, 2.75) is 55.4 Å². The highest BCUT2D eigenvalue weighted by molar-refractivity contribution is 5.68. The number of nitrogens with zero attached hydrogens (tertiary/aromatic N) is 2. The van der Waals surface area contributed by atoms with Crippen molar-refractivity contribution in [3.05, 3.63) is 103 Å². The molecule has 0 saturated heterocycles. The average molecular weight is 407 g/mol. The van der Waals surface area contributed by atoms with E-state index in [4.69, 9.17) is 0 Å². The summed E-state index contributed by atoms with van der Waals surface area (Å²) in [4.78, 5) is 4.41. The molecule has 0 saturated carbocycles. The molecule has 0 aliphatic carbocycles. The SMILES string of the molecule is C=C/C=C1\C(=C/C)N(C)C(/C=C\C)=C(C=C)N1c1ccccc1.CC.CC(C)(C)C. The van der Waals surface area contributed by atoms with Crippen LogP contribution in [0.1, 0.15) is 55.4 Å². The van der Waals surface area contributed by atoms with E-state index in [1.165, 1.54) is 0 Å². The quantitative estimate of drug-likeness (QED) is 0.495. The van der Waals surface area contributed by atoms with E-state index in [0.29, 0.717) is 5.41 Å². The Labute approximate surface area is 186 Å². The largest absolute Gasteiger partial charge is 0.341 e. The molecule has 2 rings (SSSR count). The summed E-state index contributed by atoms with van der Waals surface area (Å²) in [6, 6.07) is 10.3. The first kappa shape index (κ1) is 27.3. The second kappa shape index (κ2) is 13.5. The van der Waals surface area contributed by atoms with Gasteiger partial charge in [-0.05, 0) is 49.6 Å².